The lowest BCUT2D eigenvalue weighted by Gasteiger charge is -2.33. The minimum atomic E-state index is 0.914. The number of hydrogen-bond donors (Lipinski definition) is 1. The van der Waals surface area contributed by atoms with Crippen molar-refractivity contribution in [3.05, 3.63) is 0 Å². The van der Waals surface area contributed by atoms with Crippen LogP contribution in [0.15, 0.2) is 0 Å². The van der Waals surface area contributed by atoms with Crippen molar-refractivity contribution in [2.45, 2.75) is 51.9 Å². The van der Waals surface area contributed by atoms with Crippen LogP contribution in [0, 0.1) is 17.8 Å². The fourth-order valence-corrected chi connectivity index (χ4v) is 3.34. The second-order valence-corrected chi connectivity index (χ2v) is 5.51. The van der Waals surface area contributed by atoms with E-state index in [9.17, 15) is 0 Å². The van der Waals surface area contributed by atoms with Gasteiger partial charge in [-0.15, -0.1) is 0 Å². The highest BCUT2D eigenvalue weighted by molar-refractivity contribution is 4.80. The molecule has 1 heteroatoms. The first-order chi connectivity index (χ1) is 6.86. The van der Waals surface area contributed by atoms with Gasteiger partial charge in [-0.1, -0.05) is 45.4 Å². The Morgan fingerprint density at radius 3 is 2.21 bits per heavy atom. The van der Waals surface area contributed by atoms with E-state index in [0.29, 0.717) is 0 Å². The standard InChI is InChI=1S/C13H25N/c1-11-8-13(10-14-9-11)12-6-4-2-3-5-7-12/h11-14H,2-10H2,1H3. The molecule has 0 bridgehead atoms. The summed E-state index contributed by atoms with van der Waals surface area (Å²) >= 11 is 0. The van der Waals surface area contributed by atoms with Crippen LogP contribution in [0.2, 0.25) is 0 Å². The number of rotatable bonds is 1. The molecule has 1 N–H and O–H groups in total. The molecule has 0 aromatic carbocycles. The molecular formula is C13H25N. The Kier molecular flexibility index (Phi) is 3.86. The van der Waals surface area contributed by atoms with Crippen LogP contribution in [-0.4, -0.2) is 13.1 Å². The van der Waals surface area contributed by atoms with E-state index >= 15 is 0 Å². The van der Waals surface area contributed by atoms with Crippen LogP contribution in [0.5, 0.6) is 0 Å². The minimum absolute atomic E-state index is 0.914. The highest BCUT2D eigenvalue weighted by atomic mass is 14.9. The monoisotopic (exact) mass is 195 g/mol. The molecule has 1 saturated heterocycles. The largest absolute Gasteiger partial charge is 0.316 e. The molecule has 2 atom stereocenters. The second kappa shape index (κ2) is 5.16. The molecular weight excluding hydrogens is 170 g/mol. The number of piperidine rings is 1. The van der Waals surface area contributed by atoms with Gasteiger partial charge in [0.15, 0.2) is 0 Å². The van der Waals surface area contributed by atoms with E-state index in [1.807, 2.05) is 0 Å². The van der Waals surface area contributed by atoms with Crippen LogP contribution in [-0.2, 0) is 0 Å². The van der Waals surface area contributed by atoms with Crippen molar-refractivity contribution in [2.24, 2.45) is 17.8 Å². The minimum Gasteiger partial charge on any atom is -0.316 e. The van der Waals surface area contributed by atoms with E-state index < -0.39 is 0 Å². The molecule has 0 spiro atoms. The average Bonchev–Trinajstić information content (AvgIpc) is 2.45. The highest BCUT2D eigenvalue weighted by Gasteiger charge is 2.26. The summed E-state index contributed by atoms with van der Waals surface area (Å²) in [4.78, 5) is 0. The molecule has 1 nitrogen and oxygen atoms in total. The maximum atomic E-state index is 3.60. The van der Waals surface area contributed by atoms with Crippen LogP contribution < -0.4 is 5.32 Å². The smallest absolute Gasteiger partial charge is 0.00176 e. The van der Waals surface area contributed by atoms with E-state index in [4.69, 9.17) is 0 Å². The van der Waals surface area contributed by atoms with Crippen LogP contribution in [0.25, 0.3) is 0 Å². The molecule has 2 fully saturated rings. The summed E-state index contributed by atoms with van der Waals surface area (Å²) in [7, 11) is 0. The van der Waals surface area contributed by atoms with Gasteiger partial charge in [0.2, 0.25) is 0 Å². The summed E-state index contributed by atoms with van der Waals surface area (Å²) in [6, 6.07) is 0. The first kappa shape index (κ1) is 10.5. The molecule has 1 saturated carbocycles. The topological polar surface area (TPSA) is 12.0 Å². The Morgan fingerprint density at radius 1 is 0.857 bits per heavy atom. The Morgan fingerprint density at radius 2 is 1.57 bits per heavy atom. The molecule has 1 aliphatic carbocycles. The van der Waals surface area contributed by atoms with E-state index in [-0.39, 0.29) is 0 Å². The van der Waals surface area contributed by atoms with Gasteiger partial charge in [-0.25, -0.2) is 0 Å². The van der Waals surface area contributed by atoms with Gasteiger partial charge in [0.1, 0.15) is 0 Å². The molecule has 1 aliphatic heterocycles. The fourth-order valence-electron chi connectivity index (χ4n) is 3.34. The van der Waals surface area contributed by atoms with Gasteiger partial charge >= 0.3 is 0 Å². The Hall–Kier alpha value is -0.0400. The summed E-state index contributed by atoms with van der Waals surface area (Å²) in [6.45, 7) is 4.95. The van der Waals surface area contributed by atoms with Crippen LogP contribution in [0.3, 0.4) is 0 Å². The summed E-state index contributed by atoms with van der Waals surface area (Å²) in [5, 5.41) is 3.60. The predicted octanol–water partition coefficient (Wildman–Crippen LogP) is 3.20. The first-order valence-electron chi connectivity index (χ1n) is 6.57. The summed E-state index contributed by atoms with van der Waals surface area (Å²) in [6.07, 6.45) is 10.5. The highest BCUT2D eigenvalue weighted by Crippen LogP contribution is 2.33. The van der Waals surface area contributed by atoms with Gasteiger partial charge in [0, 0.05) is 0 Å². The second-order valence-electron chi connectivity index (χ2n) is 5.51. The van der Waals surface area contributed by atoms with Gasteiger partial charge in [-0.05, 0) is 37.3 Å². The number of hydrogen-bond acceptors (Lipinski definition) is 1. The van der Waals surface area contributed by atoms with Crippen LogP contribution >= 0.6 is 0 Å². The van der Waals surface area contributed by atoms with Gasteiger partial charge < -0.3 is 5.32 Å². The van der Waals surface area contributed by atoms with E-state index in [2.05, 4.69) is 12.2 Å². The van der Waals surface area contributed by atoms with Crippen molar-refractivity contribution in [1.29, 1.82) is 0 Å². The van der Waals surface area contributed by atoms with E-state index in [0.717, 1.165) is 17.8 Å². The Balaban J connectivity index is 1.85. The molecule has 0 aromatic heterocycles. The molecule has 2 unspecified atom stereocenters. The van der Waals surface area contributed by atoms with Crippen LogP contribution in [0.1, 0.15) is 51.9 Å². The molecule has 1 heterocycles. The molecule has 82 valence electrons. The molecule has 0 aromatic rings. The van der Waals surface area contributed by atoms with E-state index in [1.54, 1.807) is 0 Å². The zero-order valence-electron chi connectivity index (χ0n) is 9.60. The molecule has 0 amide bonds. The van der Waals surface area contributed by atoms with Gasteiger partial charge in [0.25, 0.3) is 0 Å². The quantitative estimate of drug-likeness (QED) is 0.634. The van der Waals surface area contributed by atoms with Gasteiger partial charge in [-0.2, -0.15) is 0 Å². The summed E-state index contributed by atoms with van der Waals surface area (Å²) in [5.41, 5.74) is 0. The van der Waals surface area contributed by atoms with Crippen molar-refractivity contribution < 1.29 is 0 Å². The normalized spacial score (nSPS) is 36.6. The van der Waals surface area contributed by atoms with Crippen molar-refractivity contribution in [3.8, 4) is 0 Å². The SMILES string of the molecule is CC1CNCC(C2CCCCCC2)C1. The third-order valence-corrected chi connectivity index (χ3v) is 4.17. The molecule has 2 rings (SSSR count). The van der Waals surface area contributed by atoms with Gasteiger partial charge in [-0.3, -0.25) is 0 Å². The lowest BCUT2D eigenvalue weighted by Crippen LogP contribution is -2.38. The maximum absolute atomic E-state index is 3.60. The number of nitrogens with one attached hydrogen (secondary N) is 1. The summed E-state index contributed by atoms with van der Waals surface area (Å²) < 4.78 is 0. The lowest BCUT2D eigenvalue weighted by atomic mass is 9.79. The zero-order valence-corrected chi connectivity index (χ0v) is 9.60. The average molecular weight is 195 g/mol. The first-order valence-corrected chi connectivity index (χ1v) is 6.57. The molecule has 0 radical (unpaired) electrons. The summed E-state index contributed by atoms with van der Waals surface area (Å²) in [5.74, 6) is 2.96. The zero-order chi connectivity index (χ0) is 9.80. The molecule has 14 heavy (non-hydrogen) atoms. The van der Waals surface area contributed by atoms with Crippen molar-refractivity contribution >= 4 is 0 Å². The van der Waals surface area contributed by atoms with E-state index in [1.165, 1.54) is 58.0 Å². The predicted molar refractivity (Wildman–Crippen MR) is 61.3 cm³/mol. The lowest BCUT2D eigenvalue weighted by molar-refractivity contribution is 0.204. The van der Waals surface area contributed by atoms with Crippen LogP contribution in [0.4, 0.5) is 0 Å². The Bertz CT molecular complexity index is 159. The maximum Gasteiger partial charge on any atom is -0.00176 e. The van der Waals surface area contributed by atoms with Crippen molar-refractivity contribution in [2.75, 3.05) is 13.1 Å². The molecule has 2 aliphatic rings. The third-order valence-electron chi connectivity index (χ3n) is 4.17. The van der Waals surface area contributed by atoms with Crippen molar-refractivity contribution in [1.82, 2.24) is 5.32 Å². The van der Waals surface area contributed by atoms with Crippen molar-refractivity contribution in [3.63, 3.8) is 0 Å². The third kappa shape index (κ3) is 2.73. The fraction of sp³-hybridized carbons (Fsp3) is 1.00. The van der Waals surface area contributed by atoms with Gasteiger partial charge in [0.05, 0.1) is 0 Å². The Labute approximate surface area is 88.7 Å².